The van der Waals surface area contributed by atoms with Gasteiger partial charge in [-0.3, -0.25) is 9.59 Å². The predicted molar refractivity (Wildman–Crippen MR) is 98.7 cm³/mol. The highest BCUT2D eigenvalue weighted by atomic mass is 16.3. The fraction of sp³-hybridized carbons (Fsp3) is 0.316. The molecule has 0 heterocycles. The van der Waals surface area contributed by atoms with Crippen LogP contribution in [-0.4, -0.2) is 28.2 Å². The zero-order valence-corrected chi connectivity index (χ0v) is 14.9. The van der Waals surface area contributed by atoms with Crippen LogP contribution in [0.4, 0.5) is 0 Å². The molecule has 0 aliphatic rings. The number of rotatable bonds is 4. The molecule has 0 aliphatic carbocycles. The molecule has 0 atom stereocenters. The summed E-state index contributed by atoms with van der Waals surface area (Å²) in [4.78, 5) is 24.1. The Morgan fingerprint density at radius 2 is 1.80 bits per heavy atom. The van der Waals surface area contributed by atoms with E-state index in [2.05, 4.69) is 15.8 Å². The Hall–Kier alpha value is -2.89. The number of amides is 2. The van der Waals surface area contributed by atoms with Crippen LogP contribution < -0.4 is 10.7 Å². The van der Waals surface area contributed by atoms with Crippen molar-refractivity contribution in [3.05, 3.63) is 42.0 Å². The first-order chi connectivity index (χ1) is 11.7. The molecule has 2 aromatic carbocycles. The molecule has 0 saturated carbocycles. The van der Waals surface area contributed by atoms with Crippen molar-refractivity contribution in [1.29, 1.82) is 0 Å². The molecule has 0 bridgehead atoms. The van der Waals surface area contributed by atoms with Crippen LogP contribution in [-0.2, 0) is 4.79 Å². The highest BCUT2D eigenvalue weighted by Crippen LogP contribution is 2.28. The Kier molecular flexibility index (Phi) is 5.41. The second kappa shape index (κ2) is 7.34. The molecule has 2 aromatic rings. The number of nitrogens with one attached hydrogen (secondary N) is 2. The molecule has 0 unspecified atom stereocenters. The number of phenols is 1. The summed E-state index contributed by atoms with van der Waals surface area (Å²) in [6, 6.07) is 10.6. The monoisotopic (exact) mass is 341 g/mol. The van der Waals surface area contributed by atoms with Crippen LogP contribution in [0.2, 0.25) is 0 Å². The van der Waals surface area contributed by atoms with Crippen LogP contribution in [0.1, 0.15) is 44.5 Å². The number of phenolic OH excluding ortho intramolecular Hbond substituents is 1. The Labute approximate surface area is 146 Å². The maximum Gasteiger partial charge on any atom is 0.275 e. The summed E-state index contributed by atoms with van der Waals surface area (Å²) in [6.45, 7) is 7.33. The number of benzene rings is 2. The van der Waals surface area contributed by atoms with Gasteiger partial charge in [-0.2, -0.15) is 5.10 Å². The lowest BCUT2D eigenvalue weighted by atomic mass is 10.1. The van der Waals surface area contributed by atoms with Gasteiger partial charge in [0.05, 0.1) is 12.0 Å². The third kappa shape index (κ3) is 5.04. The molecule has 6 nitrogen and oxygen atoms in total. The lowest BCUT2D eigenvalue weighted by Gasteiger charge is -2.20. The molecule has 0 fully saturated rings. The Bertz CT molecular complexity index is 835. The lowest BCUT2D eigenvalue weighted by molar-refractivity contribution is -0.121. The highest BCUT2D eigenvalue weighted by molar-refractivity contribution is 6.05. The van der Waals surface area contributed by atoms with Gasteiger partial charge in [0.1, 0.15) is 5.75 Å². The van der Waals surface area contributed by atoms with Gasteiger partial charge in [0.15, 0.2) is 0 Å². The number of nitrogens with zero attached hydrogens (tertiary/aromatic N) is 1. The maximum atomic E-state index is 12.2. The summed E-state index contributed by atoms with van der Waals surface area (Å²) in [5.74, 6) is -0.788. The molecule has 0 aliphatic heterocycles. The molecule has 0 aromatic heterocycles. The molecule has 2 amide bonds. The van der Waals surface area contributed by atoms with Gasteiger partial charge < -0.3 is 10.4 Å². The SMILES string of the molecule is CC(CC(=O)NC(C)(C)C)=NNC(=O)c1ccc2ccccc2c1O. The zero-order valence-electron chi connectivity index (χ0n) is 14.9. The highest BCUT2D eigenvalue weighted by Gasteiger charge is 2.15. The smallest absolute Gasteiger partial charge is 0.275 e. The van der Waals surface area contributed by atoms with Crippen molar-refractivity contribution in [2.75, 3.05) is 0 Å². The van der Waals surface area contributed by atoms with Crippen LogP contribution in [0.25, 0.3) is 10.8 Å². The summed E-state index contributed by atoms with van der Waals surface area (Å²) < 4.78 is 0. The fourth-order valence-electron chi connectivity index (χ4n) is 2.38. The van der Waals surface area contributed by atoms with E-state index in [1.54, 1.807) is 31.2 Å². The summed E-state index contributed by atoms with van der Waals surface area (Å²) in [5.41, 5.74) is 2.66. The second-order valence-corrected chi connectivity index (χ2v) is 6.95. The Morgan fingerprint density at radius 1 is 1.12 bits per heavy atom. The van der Waals surface area contributed by atoms with E-state index in [1.807, 2.05) is 32.9 Å². The number of aromatic hydroxyl groups is 1. The second-order valence-electron chi connectivity index (χ2n) is 6.95. The molecule has 0 spiro atoms. The van der Waals surface area contributed by atoms with Crippen molar-refractivity contribution in [2.45, 2.75) is 39.7 Å². The van der Waals surface area contributed by atoms with E-state index in [1.165, 1.54) is 0 Å². The minimum Gasteiger partial charge on any atom is -0.506 e. The quantitative estimate of drug-likeness (QED) is 0.590. The fourth-order valence-corrected chi connectivity index (χ4v) is 2.38. The molecule has 132 valence electrons. The van der Waals surface area contributed by atoms with Crippen LogP contribution >= 0.6 is 0 Å². The Morgan fingerprint density at radius 3 is 2.48 bits per heavy atom. The summed E-state index contributed by atoms with van der Waals surface area (Å²) >= 11 is 0. The molecule has 6 heteroatoms. The van der Waals surface area contributed by atoms with E-state index < -0.39 is 5.91 Å². The van der Waals surface area contributed by atoms with Crippen LogP contribution in [0, 0.1) is 0 Å². The van der Waals surface area contributed by atoms with Gasteiger partial charge >= 0.3 is 0 Å². The van der Waals surface area contributed by atoms with E-state index in [0.29, 0.717) is 11.1 Å². The number of hydrogen-bond donors (Lipinski definition) is 3. The van der Waals surface area contributed by atoms with Crippen molar-refractivity contribution < 1.29 is 14.7 Å². The van der Waals surface area contributed by atoms with Gasteiger partial charge in [-0.15, -0.1) is 0 Å². The van der Waals surface area contributed by atoms with Gasteiger partial charge in [0.25, 0.3) is 5.91 Å². The standard InChI is InChI=1S/C19H23N3O3/c1-12(11-16(23)20-19(2,3)4)21-22-18(25)15-10-9-13-7-5-6-8-14(13)17(15)24/h5-10,24H,11H2,1-4H3,(H,20,23)(H,22,25). The van der Waals surface area contributed by atoms with E-state index in [4.69, 9.17) is 0 Å². The van der Waals surface area contributed by atoms with Crippen molar-refractivity contribution >= 4 is 28.3 Å². The summed E-state index contributed by atoms with van der Waals surface area (Å²) in [6.07, 6.45) is 0.0846. The average molecular weight is 341 g/mol. The number of fused-ring (bicyclic) bond motifs is 1. The minimum atomic E-state index is -0.529. The molecule has 2 rings (SSSR count). The van der Waals surface area contributed by atoms with E-state index in [9.17, 15) is 14.7 Å². The first-order valence-corrected chi connectivity index (χ1v) is 8.02. The van der Waals surface area contributed by atoms with E-state index in [0.717, 1.165) is 5.39 Å². The third-order valence-electron chi connectivity index (χ3n) is 3.42. The van der Waals surface area contributed by atoms with E-state index in [-0.39, 0.29) is 29.2 Å². The number of carbonyl (C=O) groups is 2. The average Bonchev–Trinajstić information content (AvgIpc) is 2.51. The lowest BCUT2D eigenvalue weighted by Crippen LogP contribution is -2.41. The van der Waals surface area contributed by atoms with Crippen molar-refractivity contribution in [3.8, 4) is 5.75 Å². The predicted octanol–water partition coefficient (Wildman–Crippen LogP) is 2.96. The minimum absolute atomic E-state index is 0.0846. The van der Waals surface area contributed by atoms with Gasteiger partial charge in [-0.05, 0) is 39.1 Å². The van der Waals surface area contributed by atoms with Crippen LogP contribution in [0.5, 0.6) is 5.75 Å². The van der Waals surface area contributed by atoms with Crippen LogP contribution in [0.3, 0.4) is 0 Å². The first kappa shape index (κ1) is 18.4. The number of carbonyl (C=O) groups excluding carboxylic acids is 2. The maximum absolute atomic E-state index is 12.2. The third-order valence-corrected chi connectivity index (χ3v) is 3.42. The molecule has 0 saturated heterocycles. The van der Waals surface area contributed by atoms with Gasteiger partial charge in [-0.25, -0.2) is 5.43 Å². The van der Waals surface area contributed by atoms with Gasteiger partial charge in [0, 0.05) is 16.6 Å². The topological polar surface area (TPSA) is 90.8 Å². The van der Waals surface area contributed by atoms with Crippen molar-refractivity contribution in [1.82, 2.24) is 10.7 Å². The molecular weight excluding hydrogens is 318 g/mol. The van der Waals surface area contributed by atoms with Gasteiger partial charge in [-0.1, -0.05) is 30.3 Å². The summed E-state index contributed by atoms with van der Waals surface area (Å²) in [5, 5.41) is 18.5. The zero-order chi connectivity index (χ0) is 18.6. The molecule has 3 N–H and O–H groups in total. The molecular formula is C19H23N3O3. The van der Waals surface area contributed by atoms with Crippen molar-refractivity contribution in [3.63, 3.8) is 0 Å². The van der Waals surface area contributed by atoms with Crippen LogP contribution in [0.15, 0.2) is 41.5 Å². The van der Waals surface area contributed by atoms with Crippen molar-refractivity contribution in [2.24, 2.45) is 5.10 Å². The Balaban J connectivity index is 2.07. The number of hydrogen-bond acceptors (Lipinski definition) is 4. The van der Waals surface area contributed by atoms with E-state index >= 15 is 0 Å². The molecule has 0 radical (unpaired) electrons. The summed E-state index contributed by atoms with van der Waals surface area (Å²) in [7, 11) is 0. The number of hydrazone groups is 1. The van der Waals surface area contributed by atoms with Gasteiger partial charge in [0.2, 0.25) is 5.91 Å². The first-order valence-electron chi connectivity index (χ1n) is 8.02. The molecule has 25 heavy (non-hydrogen) atoms. The largest absolute Gasteiger partial charge is 0.506 e. The normalized spacial score (nSPS) is 12.1.